The number of esters is 1. The van der Waals surface area contributed by atoms with E-state index in [2.05, 4.69) is 27.4 Å². The molecule has 0 aromatic carbocycles. The number of hydrogen-bond acceptors (Lipinski definition) is 2. The molecule has 0 aromatic heterocycles. The van der Waals surface area contributed by atoms with Crippen LogP contribution in [0.5, 0.6) is 0 Å². The molecule has 0 rings (SSSR count). The maximum Gasteiger partial charge on any atom is 0.311 e. The number of hydrogen-bond donors (Lipinski definition) is 0. The molecule has 0 spiro atoms. The van der Waals surface area contributed by atoms with Crippen LogP contribution in [-0.2, 0) is 9.53 Å². The maximum absolute atomic E-state index is 11.2. The van der Waals surface area contributed by atoms with Crippen LogP contribution >= 0.6 is 0 Å². The van der Waals surface area contributed by atoms with Crippen molar-refractivity contribution in [1.82, 2.24) is 0 Å². The van der Waals surface area contributed by atoms with Gasteiger partial charge in [-0.2, -0.15) is 0 Å². The molecule has 0 unspecified atom stereocenters. The highest BCUT2D eigenvalue weighted by Crippen LogP contribution is 2.21. The van der Waals surface area contributed by atoms with E-state index in [1.807, 2.05) is 20.8 Å². The first-order valence-electron chi connectivity index (χ1n) is 6.09. The summed E-state index contributed by atoms with van der Waals surface area (Å²) >= 11 is 0. The summed E-state index contributed by atoms with van der Waals surface area (Å²) < 4.78 is 4.89. The molecular formula is C14H28O2. The molecule has 0 heterocycles. The predicted molar refractivity (Wildman–Crippen MR) is 70.4 cm³/mol. The van der Waals surface area contributed by atoms with E-state index >= 15 is 0 Å². The summed E-state index contributed by atoms with van der Waals surface area (Å²) in [7, 11) is 0. The van der Waals surface area contributed by atoms with Gasteiger partial charge in [-0.1, -0.05) is 46.8 Å². The normalized spacial score (nSPS) is 10.4. The lowest BCUT2D eigenvalue weighted by Crippen LogP contribution is -2.25. The third kappa shape index (κ3) is 9.75. The first-order valence-corrected chi connectivity index (χ1v) is 6.09. The number of rotatable bonds is 5. The Bertz CT molecular complexity index is 193. The fraction of sp³-hybridized carbons (Fsp3) is 0.786. The van der Waals surface area contributed by atoms with Crippen molar-refractivity contribution in [3.05, 3.63) is 12.7 Å². The van der Waals surface area contributed by atoms with Crippen molar-refractivity contribution in [2.45, 2.75) is 54.4 Å². The molecule has 2 nitrogen and oxygen atoms in total. The molecule has 0 fully saturated rings. The first-order chi connectivity index (χ1) is 7.31. The van der Waals surface area contributed by atoms with Gasteiger partial charge in [0.15, 0.2) is 0 Å². The van der Waals surface area contributed by atoms with Crippen LogP contribution in [0.2, 0.25) is 0 Å². The van der Waals surface area contributed by atoms with Crippen molar-refractivity contribution in [3.8, 4) is 0 Å². The molecule has 0 amide bonds. The third-order valence-electron chi connectivity index (χ3n) is 2.59. The molecular weight excluding hydrogens is 200 g/mol. The van der Waals surface area contributed by atoms with Crippen LogP contribution in [0, 0.1) is 11.3 Å². The zero-order valence-corrected chi connectivity index (χ0v) is 11.8. The van der Waals surface area contributed by atoms with E-state index in [0.29, 0.717) is 6.61 Å². The second kappa shape index (κ2) is 9.44. The molecule has 0 bridgehead atoms. The smallest absolute Gasteiger partial charge is 0.311 e. The van der Waals surface area contributed by atoms with Crippen molar-refractivity contribution in [2.24, 2.45) is 11.3 Å². The average Bonchev–Trinajstić information content (AvgIpc) is 2.26. The van der Waals surface area contributed by atoms with Crippen molar-refractivity contribution < 1.29 is 9.53 Å². The molecule has 0 atom stereocenters. The molecule has 96 valence electrons. The zero-order chi connectivity index (χ0) is 13.2. The Morgan fingerprint density at radius 2 is 1.81 bits per heavy atom. The van der Waals surface area contributed by atoms with Gasteiger partial charge < -0.3 is 4.74 Å². The molecule has 0 aliphatic rings. The van der Waals surface area contributed by atoms with E-state index in [0.717, 1.165) is 12.3 Å². The Morgan fingerprint density at radius 1 is 1.38 bits per heavy atom. The number of ether oxygens (including phenoxy) is 1. The summed E-state index contributed by atoms with van der Waals surface area (Å²) in [6.07, 6.45) is 3.67. The summed E-state index contributed by atoms with van der Waals surface area (Å²) in [5.74, 6) is 0.731. The quantitative estimate of drug-likeness (QED) is 0.520. The largest absolute Gasteiger partial charge is 0.461 e. The van der Waals surface area contributed by atoms with Crippen molar-refractivity contribution in [2.75, 3.05) is 6.61 Å². The summed E-state index contributed by atoms with van der Waals surface area (Å²) in [4.78, 5) is 11.2. The Balaban J connectivity index is 0. The fourth-order valence-corrected chi connectivity index (χ4v) is 0.474. The van der Waals surface area contributed by atoms with Gasteiger partial charge in [-0.05, 0) is 26.2 Å². The third-order valence-corrected chi connectivity index (χ3v) is 2.59. The minimum Gasteiger partial charge on any atom is -0.461 e. The summed E-state index contributed by atoms with van der Waals surface area (Å²) in [5.41, 5.74) is -0.358. The summed E-state index contributed by atoms with van der Waals surface area (Å²) in [6, 6.07) is 0. The minimum absolute atomic E-state index is 0.153. The lowest BCUT2D eigenvalue weighted by molar-refractivity contribution is -0.152. The van der Waals surface area contributed by atoms with Gasteiger partial charge >= 0.3 is 5.97 Å². The van der Waals surface area contributed by atoms with E-state index in [4.69, 9.17) is 4.74 Å². The molecule has 0 aliphatic carbocycles. The van der Waals surface area contributed by atoms with Crippen LogP contribution < -0.4 is 0 Å². The van der Waals surface area contributed by atoms with Gasteiger partial charge in [-0.3, -0.25) is 4.79 Å². The topological polar surface area (TPSA) is 26.3 Å². The van der Waals surface area contributed by atoms with Crippen LogP contribution in [0.1, 0.15) is 54.4 Å². The lowest BCUT2D eigenvalue weighted by Gasteiger charge is -2.19. The highest BCUT2D eigenvalue weighted by molar-refractivity contribution is 5.75. The molecule has 0 saturated carbocycles. The second-order valence-electron chi connectivity index (χ2n) is 4.93. The van der Waals surface area contributed by atoms with Gasteiger partial charge in [0.1, 0.15) is 6.61 Å². The lowest BCUT2D eigenvalue weighted by atomic mass is 9.91. The van der Waals surface area contributed by atoms with E-state index < -0.39 is 0 Å². The molecule has 0 aromatic rings. The minimum atomic E-state index is -0.358. The molecule has 2 heteroatoms. The molecule has 0 radical (unpaired) electrons. The van der Waals surface area contributed by atoms with E-state index in [9.17, 15) is 4.79 Å². The Morgan fingerprint density at radius 3 is 2.06 bits per heavy atom. The van der Waals surface area contributed by atoms with Gasteiger partial charge in [-0.15, -0.1) is 0 Å². The fourth-order valence-electron chi connectivity index (χ4n) is 0.474. The van der Waals surface area contributed by atoms with Crippen LogP contribution in [-0.4, -0.2) is 12.6 Å². The predicted octanol–water partition coefficient (Wildman–Crippen LogP) is 4.20. The van der Waals surface area contributed by atoms with Crippen LogP contribution in [0.25, 0.3) is 0 Å². The molecule has 0 aliphatic heterocycles. The van der Waals surface area contributed by atoms with Crippen molar-refractivity contribution >= 4 is 5.97 Å². The van der Waals surface area contributed by atoms with Crippen LogP contribution in [0.15, 0.2) is 12.7 Å². The highest BCUT2D eigenvalue weighted by Gasteiger charge is 2.26. The molecule has 0 N–H and O–H groups in total. The average molecular weight is 228 g/mol. The molecule has 16 heavy (non-hydrogen) atoms. The van der Waals surface area contributed by atoms with Crippen molar-refractivity contribution in [1.29, 1.82) is 0 Å². The van der Waals surface area contributed by atoms with Crippen molar-refractivity contribution in [3.63, 3.8) is 0 Å². The summed E-state index contributed by atoms with van der Waals surface area (Å²) in [6.45, 7) is 16.1. The number of carbonyl (C=O) groups excluding carboxylic acids is 1. The van der Waals surface area contributed by atoms with Crippen LogP contribution in [0.4, 0.5) is 0 Å². The van der Waals surface area contributed by atoms with E-state index in [-0.39, 0.29) is 11.4 Å². The van der Waals surface area contributed by atoms with Gasteiger partial charge in [0, 0.05) is 0 Å². The Hall–Kier alpha value is -0.790. The Kier molecular flexibility index (Phi) is 10.4. The standard InChI is InChI=1S/C9H16O2.C5H12/c1-5-7-11-8(10)9(3,4)6-2;1-4-5(2)3/h5H,1,6-7H2,2-4H3;5H,4H2,1-3H3. The van der Waals surface area contributed by atoms with E-state index in [1.165, 1.54) is 6.42 Å². The van der Waals surface area contributed by atoms with Crippen LogP contribution in [0.3, 0.4) is 0 Å². The summed E-state index contributed by atoms with van der Waals surface area (Å²) in [5, 5.41) is 0. The second-order valence-corrected chi connectivity index (χ2v) is 4.93. The van der Waals surface area contributed by atoms with Gasteiger partial charge in [0.25, 0.3) is 0 Å². The molecule has 0 saturated heterocycles. The van der Waals surface area contributed by atoms with Gasteiger partial charge in [0.05, 0.1) is 5.41 Å². The van der Waals surface area contributed by atoms with Gasteiger partial charge in [-0.25, -0.2) is 0 Å². The van der Waals surface area contributed by atoms with E-state index in [1.54, 1.807) is 6.08 Å². The SMILES string of the molecule is C=CCOC(=O)C(C)(C)CC.CCC(C)C. The monoisotopic (exact) mass is 228 g/mol. The first kappa shape index (κ1) is 17.6. The highest BCUT2D eigenvalue weighted by atomic mass is 16.5. The number of carbonyl (C=O) groups is 1. The zero-order valence-electron chi connectivity index (χ0n) is 11.8. The van der Waals surface area contributed by atoms with Gasteiger partial charge in [0.2, 0.25) is 0 Å². The maximum atomic E-state index is 11.2. The Labute approximate surface area is 101 Å².